The van der Waals surface area contributed by atoms with Crippen LogP contribution in [-0.2, 0) is 24.2 Å². The Morgan fingerprint density at radius 3 is 2.54 bits per heavy atom. The van der Waals surface area contributed by atoms with E-state index in [9.17, 15) is 18.0 Å². The standard InChI is InChI=1S/C19H27NO5S/c1-14-7-6-10-17(15(14)2)20-18(21)13-25-19(22)11-12-26(23,24)16-8-4-3-5-9-16/h3-5,8-9,14-15,17H,6-7,10-13H2,1-2H3,(H,20,21). The Bertz CT molecular complexity index is 717. The zero-order chi connectivity index (χ0) is 19.2. The number of hydrogen-bond acceptors (Lipinski definition) is 5. The fourth-order valence-corrected chi connectivity index (χ4v) is 4.46. The number of nitrogens with one attached hydrogen (secondary N) is 1. The summed E-state index contributed by atoms with van der Waals surface area (Å²) in [6.07, 6.45) is 2.90. The van der Waals surface area contributed by atoms with E-state index in [1.54, 1.807) is 18.2 Å². The minimum atomic E-state index is -3.53. The molecule has 1 saturated carbocycles. The average Bonchev–Trinajstić information content (AvgIpc) is 2.63. The first-order valence-corrected chi connectivity index (χ1v) is 10.7. The summed E-state index contributed by atoms with van der Waals surface area (Å²) in [5, 5.41) is 2.92. The Kier molecular flexibility index (Phi) is 7.20. The predicted molar refractivity (Wildman–Crippen MR) is 98.2 cm³/mol. The number of rotatable bonds is 7. The number of esters is 1. The summed E-state index contributed by atoms with van der Waals surface area (Å²) in [7, 11) is -3.53. The second-order valence-corrected chi connectivity index (χ2v) is 9.09. The van der Waals surface area contributed by atoms with Crippen molar-refractivity contribution in [3.63, 3.8) is 0 Å². The molecular weight excluding hydrogens is 354 g/mol. The smallest absolute Gasteiger partial charge is 0.307 e. The van der Waals surface area contributed by atoms with Gasteiger partial charge in [-0.2, -0.15) is 0 Å². The molecule has 2 rings (SSSR count). The second-order valence-electron chi connectivity index (χ2n) is 6.98. The third-order valence-electron chi connectivity index (χ3n) is 5.09. The van der Waals surface area contributed by atoms with Crippen molar-refractivity contribution in [1.29, 1.82) is 0 Å². The predicted octanol–water partition coefficient (Wildman–Crippen LogP) is 2.33. The van der Waals surface area contributed by atoms with E-state index in [2.05, 4.69) is 19.2 Å². The highest BCUT2D eigenvalue weighted by molar-refractivity contribution is 7.91. The van der Waals surface area contributed by atoms with Gasteiger partial charge in [0.1, 0.15) is 0 Å². The lowest BCUT2D eigenvalue weighted by Crippen LogP contribution is -2.45. The van der Waals surface area contributed by atoms with Crippen molar-refractivity contribution in [1.82, 2.24) is 5.32 Å². The minimum Gasteiger partial charge on any atom is -0.456 e. The summed E-state index contributed by atoms with van der Waals surface area (Å²) in [6, 6.07) is 8.05. The van der Waals surface area contributed by atoms with Crippen LogP contribution in [0.1, 0.15) is 39.5 Å². The lowest BCUT2D eigenvalue weighted by atomic mass is 9.78. The molecule has 1 aliphatic rings. The molecule has 0 radical (unpaired) electrons. The lowest BCUT2D eigenvalue weighted by molar-refractivity contribution is -0.148. The molecule has 1 aromatic carbocycles. The summed E-state index contributed by atoms with van der Waals surface area (Å²) >= 11 is 0. The summed E-state index contributed by atoms with van der Waals surface area (Å²) < 4.78 is 29.2. The fraction of sp³-hybridized carbons (Fsp3) is 0.579. The number of benzene rings is 1. The maximum Gasteiger partial charge on any atom is 0.307 e. The van der Waals surface area contributed by atoms with Crippen LogP contribution >= 0.6 is 0 Å². The van der Waals surface area contributed by atoms with E-state index in [1.165, 1.54) is 18.6 Å². The van der Waals surface area contributed by atoms with E-state index in [1.807, 2.05) is 0 Å². The first kappa shape index (κ1) is 20.4. The van der Waals surface area contributed by atoms with Gasteiger partial charge in [0, 0.05) is 6.04 Å². The van der Waals surface area contributed by atoms with Gasteiger partial charge >= 0.3 is 5.97 Å². The van der Waals surface area contributed by atoms with Crippen LogP contribution in [0.5, 0.6) is 0 Å². The molecule has 0 spiro atoms. The molecular formula is C19H27NO5S. The van der Waals surface area contributed by atoms with Crippen LogP contribution in [0.25, 0.3) is 0 Å². The Hall–Kier alpha value is -1.89. The first-order chi connectivity index (χ1) is 12.3. The van der Waals surface area contributed by atoms with E-state index in [4.69, 9.17) is 4.74 Å². The van der Waals surface area contributed by atoms with Crippen LogP contribution < -0.4 is 5.32 Å². The topological polar surface area (TPSA) is 89.5 Å². The van der Waals surface area contributed by atoms with Crippen LogP contribution in [0.2, 0.25) is 0 Å². The van der Waals surface area contributed by atoms with Gasteiger partial charge in [-0.3, -0.25) is 9.59 Å². The number of carbonyl (C=O) groups excluding carboxylic acids is 2. The fourth-order valence-electron chi connectivity index (χ4n) is 3.22. The Balaban J connectivity index is 1.74. The first-order valence-electron chi connectivity index (χ1n) is 9.02. The molecule has 0 heterocycles. The molecule has 0 saturated heterocycles. The highest BCUT2D eigenvalue weighted by atomic mass is 32.2. The molecule has 1 amide bonds. The van der Waals surface area contributed by atoms with Crippen LogP contribution in [0.3, 0.4) is 0 Å². The van der Waals surface area contributed by atoms with Gasteiger partial charge in [-0.25, -0.2) is 8.42 Å². The molecule has 0 aliphatic heterocycles. The van der Waals surface area contributed by atoms with Crippen molar-refractivity contribution in [2.24, 2.45) is 11.8 Å². The zero-order valence-electron chi connectivity index (χ0n) is 15.3. The SMILES string of the molecule is CC1CCCC(NC(=O)COC(=O)CCS(=O)(=O)c2ccccc2)C1C. The molecule has 0 bridgehead atoms. The highest BCUT2D eigenvalue weighted by Gasteiger charge is 2.28. The molecule has 1 aliphatic carbocycles. The molecule has 1 fully saturated rings. The van der Waals surface area contributed by atoms with Gasteiger partial charge in [0.05, 0.1) is 17.1 Å². The largest absolute Gasteiger partial charge is 0.456 e. The highest BCUT2D eigenvalue weighted by Crippen LogP contribution is 2.29. The van der Waals surface area contributed by atoms with Crippen LogP contribution in [-0.4, -0.2) is 38.7 Å². The van der Waals surface area contributed by atoms with Crippen molar-refractivity contribution in [3.05, 3.63) is 30.3 Å². The zero-order valence-corrected chi connectivity index (χ0v) is 16.1. The van der Waals surface area contributed by atoms with Gasteiger partial charge in [0.25, 0.3) is 5.91 Å². The Labute approximate surface area is 155 Å². The molecule has 0 aromatic heterocycles. The Morgan fingerprint density at radius 2 is 1.85 bits per heavy atom. The molecule has 1 N–H and O–H groups in total. The number of hydrogen-bond donors (Lipinski definition) is 1. The van der Waals surface area contributed by atoms with Gasteiger partial charge in [-0.1, -0.05) is 44.9 Å². The maximum atomic E-state index is 12.1. The van der Waals surface area contributed by atoms with Crippen molar-refractivity contribution in [3.8, 4) is 0 Å². The summed E-state index contributed by atoms with van der Waals surface area (Å²) in [4.78, 5) is 23.9. The monoisotopic (exact) mass is 381 g/mol. The molecule has 26 heavy (non-hydrogen) atoms. The lowest BCUT2D eigenvalue weighted by Gasteiger charge is -2.34. The number of amides is 1. The van der Waals surface area contributed by atoms with Crippen molar-refractivity contribution < 1.29 is 22.7 Å². The van der Waals surface area contributed by atoms with E-state index in [-0.39, 0.29) is 35.6 Å². The molecule has 6 nitrogen and oxygen atoms in total. The Morgan fingerprint density at radius 1 is 1.15 bits per heavy atom. The third-order valence-corrected chi connectivity index (χ3v) is 6.83. The summed E-state index contributed by atoms with van der Waals surface area (Å²) in [6.45, 7) is 3.92. The molecule has 144 valence electrons. The van der Waals surface area contributed by atoms with Crippen LogP contribution in [0, 0.1) is 11.8 Å². The molecule has 7 heteroatoms. The van der Waals surface area contributed by atoms with E-state index in [0.717, 1.165) is 12.8 Å². The quantitative estimate of drug-likeness (QED) is 0.732. The molecule has 1 aromatic rings. The summed E-state index contributed by atoms with van der Waals surface area (Å²) in [5.41, 5.74) is 0. The second kappa shape index (κ2) is 9.16. The number of carbonyl (C=O) groups is 2. The molecule has 3 atom stereocenters. The maximum absolute atomic E-state index is 12.1. The third kappa shape index (κ3) is 5.83. The van der Waals surface area contributed by atoms with Crippen LogP contribution in [0.15, 0.2) is 35.2 Å². The number of ether oxygens (including phenoxy) is 1. The van der Waals surface area contributed by atoms with Crippen molar-refractivity contribution in [2.75, 3.05) is 12.4 Å². The van der Waals surface area contributed by atoms with Gasteiger partial charge in [-0.15, -0.1) is 0 Å². The van der Waals surface area contributed by atoms with E-state index in [0.29, 0.717) is 11.8 Å². The normalized spacial score (nSPS) is 23.2. The van der Waals surface area contributed by atoms with Gasteiger partial charge in [0.15, 0.2) is 16.4 Å². The van der Waals surface area contributed by atoms with Crippen molar-refractivity contribution >= 4 is 21.7 Å². The van der Waals surface area contributed by atoms with Crippen molar-refractivity contribution in [2.45, 2.75) is 50.5 Å². The van der Waals surface area contributed by atoms with E-state index >= 15 is 0 Å². The van der Waals surface area contributed by atoms with Gasteiger partial charge < -0.3 is 10.1 Å². The molecule has 3 unspecified atom stereocenters. The van der Waals surface area contributed by atoms with Gasteiger partial charge in [0.2, 0.25) is 0 Å². The van der Waals surface area contributed by atoms with Gasteiger partial charge in [-0.05, 0) is 30.4 Å². The minimum absolute atomic E-state index is 0.100. The average molecular weight is 381 g/mol. The van der Waals surface area contributed by atoms with E-state index < -0.39 is 15.8 Å². The summed E-state index contributed by atoms with van der Waals surface area (Å²) in [5.74, 6) is -0.423. The number of sulfone groups is 1. The van der Waals surface area contributed by atoms with Crippen LogP contribution in [0.4, 0.5) is 0 Å².